The van der Waals surface area contributed by atoms with Crippen molar-refractivity contribution in [2.24, 2.45) is 0 Å². The van der Waals surface area contributed by atoms with Gasteiger partial charge < -0.3 is 0 Å². The van der Waals surface area contributed by atoms with Crippen LogP contribution in [-0.4, -0.2) is 15.8 Å². The molecule has 0 fully saturated rings. The number of allylic oxidation sites excluding steroid dienone is 1. The van der Waals surface area contributed by atoms with E-state index in [9.17, 15) is 4.79 Å². The molecule has 0 atom stereocenters. The van der Waals surface area contributed by atoms with Gasteiger partial charge >= 0.3 is 0 Å². The lowest BCUT2D eigenvalue weighted by Gasteiger charge is -2.14. The summed E-state index contributed by atoms with van der Waals surface area (Å²) in [5, 5.41) is 2.04. The average molecular weight is 415 g/mol. The van der Waals surface area contributed by atoms with Gasteiger partial charge in [0.25, 0.3) is 0 Å². The van der Waals surface area contributed by atoms with E-state index in [1.807, 2.05) is 79.7 Å². The van der Waals surface area contributed by atoms with Crippen molar-refractivity contribution in [3.8, 4) is 11.1 Å². The lowest BCUT2D eigenvalue weighted by Crippen LogP contribution is -2.05. The number of carbonyl (C=O) groups excluding carboxylic acids is 1. The van der Waals surface area contributed by atoms with E-state index in [1.54, 1.807) is 12.3 Å². The smallest absolute Gasteiger partial charge is 0.188 e. The fourth-order valence-corrected chi connectivity index (χ4v) is 4.16. The number of nitrogens with zero attached hydrogens (tertiary/aromatic N) is 2. The van der Waals surface area contributed by atoms with Gasteiger partial charge in [-0.05, 0) is 61.4 Å². The molecule has 0 aliphatic rings. The zero-order chi connectivity index (χ0) is 22.1. The molecule has 0 spiro atoms. The van der Waals surface area contributed by atoms with Crippen LogP contribution in [0, 0.1) is 13.8 Å². The number of aryl methyl sites for hydroxylation is 2. The Kier molecular flexibility index (Phi) is 5.08. The van der Waals surface area contributed by atoms with E-state index in [-0.39, 0.29) is 5.78 Å². The zero-order valence-electron chi connectivity index (χ0n) is 18.0. The Bertz CT molecular complexity index is 1500. The summed E-state index contributed by atoms with van der Waals surface area (Å²) < 4.78 is 0. The number of aromatic nitrogens is 2. The molecule has 5 aromatic rings. The largest absolute Gasteiger partial charge is 0.289 e. The van der Waals surface area contributed by atoms with Crippen LogP contribution in [0.3, 0.4) is 0 Å². The molecule has 0 bridgehead atoms. The minimum atomic E-state index is -0.0523. The van der Waals surface area contributed by atoms with Crippen LogP contribution in [0.1, 0.15) is 27.2 Å². The summed E-state index contributed by atoms with van der Waals surface area (Å²) in [7, 11) is 0. The standard InChI is InChI=1S/C29H22N2O/c1-19-10-13-26-24(17-19)29(22-7-4-3-5-8-22)28(20(2)31-26)27(32)15-12-21-11-14-25-23(18-21)9-6-16-30-25/h3-18H,1-2H3/b15-12+. The van der Waals surface area contributed by atoms with Gasteiger partial charge in [-0.3, -0.25) is 14.8 Å². The lowest BCUT2D eigenvalue weighted by molar-refractivity contribution is 0.104. The van der Waals surface area contributed by atoms with Crippen LogP contribution in [0.4, 0.5) is 0 Å². The number of pyridine rings is 2. The summed E-state index contributed by atoms with van der Waals surface area (Å²) in [6.07, 6.45) is 5.29. The molecule has 3 aromatic carbocycles. The highest BCUT2D eigenvalue weighted by Gasteiger charge is 2.19. The maximum atomic E-state index is 13.5. The molecule has 0 saturated carbocycles. The Morgan fingerprint density at radius 2 is 1.66 bits per heavy atom. The minimum absolute atomic E-state index is 0.0523. The fraction of sp³-hybridized carbons (Fsp3) is 0.0690. The molecule has 0 aliphatic carbocycles. The molecule has 3 nitrogen and oxygen atoms in total. The van der Waals surface area contributed by atoms with Gasteiger partial charge in [0.2, 0.25) is 0 Å². The zero-order valence-corrected chi connectivity index (χ0v) is 18.0. The molecular formula is C29H22N2O. The topological polar surface area (TPSA) is 42.9 Å². The van der Waals surface area contributed by atoms with Crippen LogP contribution in [0.5, 0.6) is 0 Å². The van der Waals surface area contributed by atoms with E-state index in [0.717, 1.165) is 49.8 Å². The minimum Gasteiger partial charge on any atom is -0.289 e. The normalized spacial score (nSPS) is 11.4. The fourth-order valence-electron chi connectivity index (χ4n) is 4.16. The first-order valence-electron chi connectivity index (χ1n) is 10.6. The number of rotatable bonds is 4. The van der Waals surface area contributed by atoms with Gasteiger partial charge in [0.15, 0.2) is 5.78 Å². The quantitative estimate of drug-likeness (QED) is 0.236. The average Bonchev–Trinajstić information content (AvgIpc) is 2.82. The predicted molar refractivity (Wildman–Crippen MR) is 132 cm³/mol. The third-order valence-corrected chi connectivity index (χ3v) is 5.68. The van der Waals surface area contributed by atoms with Crippen molar-refractivity contribution in [1.82, 2.24) is 9.97 Å². The second-order valence-electron chi connectivity index (χ2n) is 7.99. The summed E-state index contributed by atoms with van der Waals surface area (Å²) in [6, 6.07) is 26.2. The van der Waals surface area contributed by atoms with Gasteiger partial charge in [0.05, 0.1) is 16.6 Å². The van der Waals surface area contributed by atoms with E-state index in [1.165, 1.54) is 0 Å². The van der Waals surface area contributed by atoms with Crippen LogP contribution in [0.25, 0.3) is 39.0 Å². The summed E-state index contributed by atoms with van der Waals surface area (Å²) in [6.45, 7) is 3.97. The van der Waals surface area contributed by atoms with E-state index in [2.05, 4.69) is 24.0 Å². The molecule has 0 amide bonds. The van der Waals surface area contributed by atoms with Crippen LogP contribution >= 0.6 is 0 Å². The number of fused-ring (bicyclic) bond motifs is 2. The maximum absolute atomic E-state index is 13.5. The Hall–Kier alpha value is -4.11. The first-order chi connectivity index (χ1) is 15.6. The summed E-state index contributed by atoms with van der Waals surface area (Å²) >= 11 is 0. The van der Waals surface area contributed by atoms with Crippen molar-refractivity contribution in [2.45, 2.75) is 13.8 Å². The van der Waals surface area contributed by atoms with Crippen molar-refractivity contribution >= 4 is 33.7 Å². The SMILES string of the molecule is Cc1ccc2nc(C)c(C(=O)/C=C/c3ccc4ncccc4c3)c(-c3ccccc3)c2c1. The number of hydrogen-bond donors (Lipinski definition) is 0. The van der Waals surface area contributed by atoms with E-state index in [4.69, 9.17) is 4.98 Å². The Labute approximate surface area is 187 Å². The van der Waals surface area contributed by atoms with Crippen LogP contribution in [-0.2, 0) is 0 Å². The molecule has 32 heavy (non-hydrogen) atoms. The molecular weight excluding hydrogens is 392 g/mol. The number of carbonyl (C=O) groups is 1. The van der Waals surface area contributed by atoms with E-state index >= 15 is 0 Å². The van der Waals surface area contributed by atoms with Crippen molar-refractivity contribution < 1.29 is 4.79 Å². The number of hydrogen-bond acceptors (Lipinski definition) is 3. The Morgan fingerprint density at radius 3 is 2.50 bits per heavy atom. The van der Waals surface area contributed by atoms with Gasteiger partial charge in [-0.2, -0.15) is 0 Å². The van der Waals surface area contributed by atoms with Gasteiger partial charge in [0.1, 0.15) is 0 Å². The van der Waals surface area contributed by atoms with Gasteiger partial charge in [-0.15, -0.1) is 0 Å². The first kappa shape index (κ1) is 19.8. The summed E-state index contributed by atoms with van der Waals surface area (Å²) in [4.78, 5) is 22.6. The maximum Gasteiger partial charge on any atom is 0.188 e. The van der Waals surface area contributed by atoms with Gasteiger partial charge in [0, 0.05) is 28.2 Å². The predicted octanol–water partition coefficient (Wildman–Crippen LogP) is 6.96. The highest BCUT2D eigenvalue weighted by molar-refractivity contribution is 6.16. The van der Waals surface area contributed by atoms with Crippen molar-refractivity contribution in [2.75, 3.05) is 0 Å². The number of benzene rings is 3. The van der Waals surface area contributed by atoms with Crippen LogP contribution in [0.15, 0.2) is 91.1 Å². The van der Waals surface area contributed by atoms with Crippen LogP contribution in [0.2, 0.25) is 0 Å². The van der Waals surface area contributed by atoms with E-state index in [0.29, 0.717) is 5.56 Å². The Morgan fingerprint density at radius 1 is 0.844 bits per heavy atom. The first-order valence-corrected chi connectivity index (χ1v) is 10.6. The Balaban J connectivity index is 1.64. The second kappa shape index (κ2) is 8.20. The third kappa shape index (κ3) is 3.69. The molecule has 0 N–H and O–H groups in total. The monoisotopic (exact) mass is 414 g/mol. The van der Waals surface area contributed by atoms with Crippen molar-refractivity contribution in [1.29, 1.82) is 0 Å². The van der Waals surface area contributed by atoms with Gasteiger partial charge in [-0.25, -0.2) is 0 Å². The highest BCUT2D eigenvalue weighted by atomic mass is 16.1. The molecule has 0 aliphatic heterocycles. The molecule has 0 unspecified atom stereocenters. The van der Waals surface area contributed by atoms with Crippen molar-refractivity contribution in [3.63, 3.8) is 0 Å². The van der Waals surface area contributed by atoms with Crippen molar-refractivity contribution in [3.05, 3.63) is 114 Å². The molecule has 0 saturated heterocycles. The van der Waals surface area contributed by atoms with Gasteiger partial charge in [-0.1, -0.05) is 60.2 Å². The molecule has 3 heteroatoms. The van der Waals surface area contributed by atoms with E-state index < -0.39 is 0 Å². The molecule has 2 aromatic heterocycles. The second-order valence-corrected chi connectivity index (χ2v) is 7.99. The number of ketones is 1. The summed E-state index contributed by atoms with van der Waals surface area (Å²) in [5.41, 5.74) is 7.27. The highest BCUT2D eigenvalue weighted by Crippen LogP contribution is 2.34. The molecule has 0 radical (unpaired) electrons. The van der Waals surface area contributed by atoms with Crippen LogP contribution < -0.4 is 0 Å². The third-order valence-electron chi connectivity index (χ3n) is 5.68. The molecule has 2 heterocycles. The lowest BCUT2D eigenvalue weighted by atomic mass is 9.91. The molecule has 5 rings (SSSR count). The summed E-state index contributed by atoms with van der Waals surface area (Å²) in [5.74, 6) is -0.0523. The molecule has 154 valence electrons.